The quantitative estimate of drug-likeness (QED) is 0.234. The molecule has 0 saturated heterocycles. The molecule has 0 bridgehead atoms. The number of nitrogens with zero attached hydrogens (tertiary/aromatic N) is 2. The maximum absolute atomic E-state index is 14.4. The molecule has 13 nitrogen and oxygen atoms in total. The van der Waals surface area contributed by atoms with E-state index in [-0.39, 0.29) is 23.3 Å². The van der Waals surface area contributed by atoms with Gasteiger partial charge >= 0.3 is 0 Å². The molecule has 1 amide bonds. The number of benzene rings is 2. The van der Waals surface area contributed by atoms with Crippen molar-refractivity contribution in [1.82, 2.24) is 9.62 Å². The van der Waals surface area contributed by atoms with Crippen molar-refractivity contribution < 1.29 is 43.2 Å². The predicted octanol–water partition coefficient (Wildman–Crippen LogP) is 0.844. The molecule has 5 rings (SSSR count). The molecule has 7 N–H and O–H groups in total. The zero-order valence-electron chi connectivity index (χ0n) is 25.5. The smallest absolute Gasteiger partial charge is 0.255 e. The Hall–Kier alpha value is -4.24. The molecule has 2 aromatic carbocycles. The van der Waals surface area contributed by atoms with E-state index in [0.29, 0.717) is 11.3 Å². The lowest BCUT2D eigenvalue weighted by Crippen LogP contribution is -2.66. The number of phenolic OH excluding ortho intramolecular Hbond substituents is 1. The van der Waals surface area contributed by atoms with Crippen molar-refractivity contribution in [2.24, 2.45) is 17.1 Å². The number of carbonyl (C=O) groups is 3. The van der Waals surface area contributed by atoms with Gasteiger partial charge in [-0.3, -0.25) is 19.3 Å². The summed E-state index contributed by atoms with van der Waals surface area (Å²) in [6.07, 6.45) is -0.419. The fraction of sp³-hybridized carbons (Fsp3) is 0.387. The molecule has 4 atom stereocenters. The number of Topliss-reactive ketones (excluding diaryl/α,β-unsaturated/α-hetero) is 2. The summed E-state index contributed by atoms with van der Waals surface area (Å²) in [6.45, 7) is 1.33. The molecule has 0 saturated carbocycles. The molecule has 0 aromatic heterocycles. The number of nitrogens with two attached hydrogens (primary N) is 1. The van der Waals surface area contributed by atoms with E-state index in [4.69, 9.17) is 5.73 Å². The molecular formula is C31H36N4O9S. The Labute approximate surface area is 260 Å². The van der Waals surface area contributed by atoms with Crippen LogP contribution in [-0.4, -0.2) is 97.6 Å². The van der Waals surface area contributed by atoms with Crippen molar-refractivity contribution in [3.63, 3.8) is 0 Å². The number of likely N-dealkylation sites (N-methyl/N-ethyl adjacent to an activating group) is 1. The van der Waals surface area contributed by atoms with Gasteiger partial charge in [0.25, 0.3) is 5.91 Å². The van der Waals surface area contributed by atoms with Gasteiger partial charge < -0.3 is 31.1 Å². The molecule has 0 fully saturated rings. The number of aliphatic hydroxyl groups is 3. The first-order chi connectivity index (χ1) is 20.9. The van der Waals surface area contributed by atoms with Crippen LogP contribution in [0.5, 0.6) is 5.75 Å². The minimum atomic E-state index is -4.18. The SMILES string of the molecule is Cc1ccc(S(=O)(=O)NC[C@@]23Cc4c(N(C)C)ccc(O)c4C(=O)C2=C(O)[C@]2(O)C(=O)C(C(N)=O)=C(O)[C@@H](N(C)C)[C@@H]2C3)cc1. The van der Waals surface area contributed by atoms with Crippen molar-refractivity contribution in [1.29, 1.82) is 0 Å². The largest absolute Gasteiger partial charge is 0.510 e. The van der Waals surface area contributed by atoms with Gasteiger partial charge in [-0.2, -0.15) is 0 Å². The summed E-state index contributed by atoms with van der Waals surface area (Å²) in [4.78, 5) is 43.5. The number of ketones is 2. The number of aromatic hydroxyl groups is 1. The summed E-state index contributed by atoms with van der Waals surface area (Å²) in [5, 5.41) is 45.9. The minimum absolute atomic E-state index is 0.0496. The van der Waals surface area contributed by atoms with E-state index < -0.39 is 85.4 Å². The summed E-state index contributed by atoms with van der Waals surface area (Å²) in [6, 6.07) is 7.73. The number of phenols is 1. The second-order valence-corrected chi connectivity index (χ2v) is 14.2. The molecule has 0 spiro atoms. The third-order valence-electron chi connectivity index (χ3n) is 9.22. The number of amides is 1. The zero-order valence-corrected chi connectivity index (χ0v) is 26.3. The molecule has 0 unspecified atom stereocenters. The number of fused-ring (bicyclic) bond motifs is 3. The highest BCUT2D eigenvalue weighted by molar-refractivity contribution is 7.89. The van der Waals surface area contributed by atoms with Crippen molar-refractivity contribution in [2.75, 3.05) is 39.6 Å². The summed E-state index contributed by atoms with van der Waals surface area (Å²) in [5.41, 5.74) is 1.09. The molecule has 0 aliphatic heterocycles. The van der Waals surface area contributed by atoms with Crippen molar-refractivity contribution in [2.45, 2.75) is 36.3 Å². The molecule has 3 aliphatic rings. The summed E-state index contributed by atoms with van der Waals surface area (Å²) < 4.78 is 29.6. The van der Waals surface area contributed by atoms with Crippen LogP contribution in [0, 0.1) is 18.3 Å². The third-order valence-corrected chi connectivity index (χ3v) is 10.6. The molecule has 0 heterocycles. The number of hydrogen-bond donors (Lipinski definition) is 6. The Kier molecular flexibility index (Phi) is 7.64. The van der Waals surface area contributed by atoms with E-state index >= 15 is 0 Å². The van der Waals surface area contributed by atoms with Gasteiger partial charge in [-0.15, -0.1) is 0 Å². The molecule has 2 aromatic rings. The molecular weight excluding hydrogens is 604 g/mol. The van der Waals surface area contributed by atoms with Crippen LogP contribution >= 0.6 is 0 Å². The first kappa shape index (κ1) is 32.2. The van der Waals surface area contributed by atoms with Gasteiger partial charge in [0, 0.05) is 43.2 Å². The highest BCUT2D eigenvalue weighted by Crippen LogP contribution is 2.58. The van der Waals surface area contributed by atoms with E-state index in [9.17, 15) is 43.2 Å². The van der Waals surface area contributed by atoms with E-state index in [0.717, 1.165) is 5.56 Å². The second kappa shape index (κ2) is 10.7. The van der Waals surface area contributed by atoms with Crippen LogP contribution < -0.4 is 15.4 Å². The predicted molar refractivity (Wildman–Crippen MR) is 163 cm³/mol. The number of nitrogens with one attached hydrogen (secondary N) is 1. The van der Waals surface area contributed by atoms with E-state index in [1.54, 1.807) is 44.1 Å². The number of primary amides is 1. The minimum Gasteiger partial charge on any atom is -0.510 e. The number of anilines is 1. The average Bonchev–Trinajstić information content (AvgIpc) is 2.94. The topological polar surface area (TPSA) is 211 Å². The normalized spacial score (nSPS) is 26.5. The van der Waals surface area contributed by atoms with Crippen LogP contribution in [0.1, 0.15) is 27.9 Å². The summed E-state index contributed by atoms with van der Waals surface area (Å²) >= 11 is 0. The summed E-state index contributed by atoms with van der Waals surface area (Å²) in [5.74, 6) is -7.25. The zero-order chi connectivity index (χ0) is 33.4. The highest BCUT2D eigenvalue weighted by Gasteiger charge is 2.66. The van der Waals surface area contributed by atoms with Crippen molar-refractivity contribution in [3.05, 3.63) is 75.8 Å². The monoisotopic (exact) mass is 640 g/mol. The van der Waals surface area contributed by atoms with Crippen LogP contribution in [0.4, 0.5) is 5.69 Å². The van der Waals surface area contributed by atoms with Gasteiger partial charge in [0.1, 0.15) is 22.8 Å². The lowest BCUT2D eigenvalue weighted by atomic mass is 9.52. The summed E-state index contributed by atoms with van der Waals surface area (Å²) in [7, 11) is 2.30. The Morgan fingerprint density at radius 3 is 2.22 bits per heavy atom. The number of rotatable bonds is 7. The van der Waals surface area contributed by atoms with Gasteiger partial charge in [-0.1, -0.05) is 17.7 Å². The Morgan fingerprint density at radius 1 is 1.04 bits per heavy atom. The molecule has 3 aliphatic carbocycles. The lowest BCUT2D eigenvalue weighted by molar-refractivity contribution is -0.150. The number of aryl methyl sites for hydroxylation is 1. The maximum atomic E-state index is 14.4. The van der Waals surface area contributed by atoms with Gasteiger partial charge in [0.2, 0.25) is 15.8 Å². The number of hydrogen-bond acceptors (Lipinski definition) is 11. The number of sulfonamides is 1. The second-order valence-electron chi connectivity index (χ2n) is 12.4. The van der Waals surface area contributed by atoms with E-state index in [2.05, 4.69) is 4.72 Å². The number of carbonyl (C=O) groups excluding carboxylic acids is 3. The Bertz CT molecular complexity index is 1810. The van der Waals surface area contributed by atoms with Crippen LogP contribution in [0.25, 0.3) is 0 Å². The Morgan fingerprint density at radius 2 is 1.67 bits per heavy atom. The lowest BCUT2D eigenvalue weighted by Gasteiger charge is -2.54. The average molecular weight is 641 g/mol. The fourth-order valence-corrected chi connectivity index (χ4v) is 8.22. The van der Waals surface area contributed by atoms with Crippen LogP contribution in [-0.2, 0) is 26.0 Å². The fourth-order valence-electron chi connectivity index (χ4n) is 7.10. The molecule has 0 radical (unpaired) electrons. The van der Waals surface area contributed by atoms with Gasteiger partial charge in [0.05, 0.1) is 16.5 Å². The standard InChI is InChI=1S/C31H36N4O9S/c1-15-6-8-16(9-7-15)45(43,44)33-14-30-12-17-19(34(2)3)10-11-20(36)21(17)25(37)23(30)28(40)31(42)18(13-30)24(35(4)5)26(38)22(27(31)39)29(32)41/h6-11,18,24,33,36,38,40,42H,12-14H2,1-5H3,(H2,32,41)/t18-,24-,30-,31+/m0/s1. The molecule has 240 valence electrons. The van der Waals surface area contributed by atoms with E-state index in [1.165, 1.54) is 37.2 Å². The Balaban J connectivity index is 1.79. The van der Waals surface area contributed by atoms with Crippen LogP contribution in [0.15, 0.2) is 64.0 Å². The van der Waals surface area contributed by atoms with Crippen molar-refractivity contribution in [3.8, 4) is 5.75 Å². The molecule has 14 heteroatoms. The third kappa shape index (κ3) is 4.71. The van der Waals surface area contributed by atoms with Gasteiger partial charge in [0.15, 0.2) is 11.4 Å². The van der Waals surface area contributed by atoms with Gasteiger partial charge in [-0.05, 0) is 63.7 Å². The molecule has 45 heavy (non-hydrogen) atoms. The highest BCUT2D eigenvalue weighted by atomic mass is 32.2. The van der Waals surface area contributed by atoms with Crippen molar-refractivity contribution >= 4 is 33.2 Å². The van der Waals surface area contributed by atoms with E-state index in [1.807, 2.05) is 0 Å². The van der Waals surface area contributed by atoms with Gasteiger partial charge in [-0.25, -0.2) is 13.1 Å². The number of aliphatic hydroxyl groups excluding tert-OH is 2. The van der Waals surface area contributed by atoms with Crippen LogP contribution in [0.3, 0.4) is 0 Å². The first-order valence-electron chi connectivity index (χ1n) is 14.1. The maximum Gasteiger partial charge on any atom is 0.255 e. The van der Waals surface area contributed by atoms with Crippen LogP contribution in [0.2, 0.25) is 0 Å². The first-order valence-corrected chi connectivity index (χ1v) is 15.6.